The number of likely N-dealkylation sites (N-methyl/N-ethyl adjacent to an activating group) is 2. The molecule has 0 unspecified atom stereocenters. The number of carbonyl (C=O) groups is 1. The third-order valence-electron chi connectivity index (χ3n) is 2.71. The van der Waals surface area contributed by atoms with Crippen molar-refractivity contribution in [1.82, 2.24) is 10.2 Å². The minimum atomic E-state index is 0.110. The van der Waals surface area contributed by atoms with Crippen LogP contribution in [0, 0.1) is 11.3 Å². The van der Waals surface area contributed by atoms with Gasteiger partial charge in [-0.2, -0.15) is 0 Å². The molecular weight excluding hydrogens is 200 g/mol. The van der Waals surface area contributed by atoms with E-state index < -0.39 is 0 Å². The van der Waals surface area contributed by atoms with Crippen LogP contribution in [0.25, 0.3) is 0 Å². The number of amides is 1. The molecule has 96 valence electrons. The number of rotatable bonds is 7. The van der Waals surface area contributed by atoms with E-state index in [1.807, 2.05) is 19.0 Å². The summed E-state index contributed by atoms with van der Waals surface area (Å²) < 4.78 is 0. The zero-order valence-corrected chi connectivity index (χ0v) is 11.8. The van der Waals surface area contributed by atoms with Crippen molar-refractivity contribution in [2.24, 2.45) is 11.3 Å². The Morgan fingerprint density at radius 3 is 2.38 bits per heavy atom. The lowest BCUT2D eigenvalue weighted by atomic mass is 9.81. The zero-order valence-electron chi connectivity index (χ0n) is 11.8. The molecule has 1 amide bonds. The maximum absolute atomic E-state index is 11.9. The fourth-order valence-electron chi connectivity index (χ4n) is 2.13. The summed E-state index contributed by atoms with van der Waals surface area (Å²) in [5, 5.41) is 3.05. The molecule has 0 atom stereocenters. The second kappa shape index (κ2) is 6.89. The van der Waals surface area contributed by atoms with E-state index in [2.05, 4.69) is 33.0 Å². The third-order valence-corrected chi connectivity index (χ3v) is 2.71. The van der Waals surface area contributed by atoms with E-state index in [1.54, 1.807) is 0 Å². The summed E-state index contributed by atoms with van der Waals surface area (Å²) in [5.74, 6) is 0.895. The fourth-order valence-corrected chi connectivity index (χ4v) is 2.13. The summed E-state index contributed by atoms with van der Waals surface area (Å²) in [6.45, 7) is 10.4. The van der Waals surface area contributed by atoms with Crippen molar-refractivity contribution in [2.45, 2.75) is 40.5 Å². The summed E-state index contributed by atoms with van der Waals surface area (Å²) in [6.07, 6.45) is 1.74. The highest BCUT2D eigenvalue weighted by atomic mass is 16.2. The first-order valence-electron chi connectivity index (χ1n) is 6.17. The molecule has 0 radical (unpaired) electrons. The lowest BCUT2D eigenvalue weighted by Gasteiger charge is -2.28. The van der Waals surface area contributed by atoms with Crippen LogP contribution in [-0.4, -0.2) is 38.0 Å². The van der Waals surface area contributed by atoms with Gasteiger partial charge < -0.3 is 10.2 Å². The van der Waals surface area contributed by atoms with Gasteiger partial charge in [0.25, 0.3) is 0 Å². The van der Waals surface area contributed by atoms with E-state index in [0.29, 0.717) is 12.3 Å². The van der Waals surface area contributed by atoms with Crippen LogP contribution in [0.3, 0.4) is 0 Å². The lowest BCUT2D eigenvalue weighted by molar-refractivity contribution is -0.132. The molecule has 1 N–H and O–H groups in total. The Labute approximate surface area is 101 Å². The van der Waals surface area contributed by atoms with Crippen LogP contribution in [0.5, 0.6) is 0 Å². The molecule has 0 rings (SSSR count). The Kier molecular flexibility index (Phi) is 6.65. The summed E-state index contributed by atoms with van der Waals surface area (Å²) >= 11 is 0. The molecule has 0 fully saturated rings. The van der Waals surface area contributed by atoms with Crippen molar-refractivity contribution in [3.63, 3.8) is 0 Å². The number of nitrogens with one attached hydrogen (secondary N) is 1. The molecule has 16 heavy (non-hydrogen) atoms. The van der Waals surface area contributed by atoms with Gasteiger partial charge in [0.2, 0.25) is 5.91 Å². The molecule has 0 bridgehead atoms. The van der Waals surface area contributed by atoms with Crippen LogP contribution in [-0.2, 0) is 4.79 Å². The second-order valence-electron chi connectivity index (χ2n) is 5.86. The number of carbonyl (C=O) groups excluding carboxylic acids is 1. The predicted molar refractivity (Wildman–Crippen MR) is 69.4 cm³/mol. The molecule has 0 aromatic rings. The van der Waals surface area contributed by atoms with Crippen LogP contribution >= 0.6 is 0 Å². The Bertz CT molecular complexity index is 212. The first kappa shape index (κ1) is 15.4. The van der Waals surface area contributed by atoms with E-state index in [0.717, 1.165) is 19.5 Å². The van der Waals surface area contributed by atoms with Crippen molar-refractivity contribution < 1.29 is 4.79 Å². The normalized spacial score (nSPS) is 11.9. The molecular formula is C13H28N2O. The van der Waals surface area contributed by atoms with Crippen molar-refractivity contribution >= 4 is 5.91 Å². The van der Waals surface area contributed by atoms with Gasteiger partial charge in [0.05, 0.1) is 0 Å². The second-order valence-corrected chi connectivity index (χ2v) is 5.86. The Morgan fingerprint density at radius 1 is 1.38 bits per heavy atom. The van der Waals surface area contributed by atoms with Crippen molar-refractivity contribution in [3.05, 3.63) is 0 Å². The first-order valence-corrected chi connectivity index (χ1v) is 6.17. The molecule has 0 aliphatic heterocycles. The number of hydrogen-bond donors (Lipinski definition) is 1. The van der Waals surface area contributed by atoms with Gasteiger partial charge in [-0.05, 0) is 24.8 Å². The minimum absolute atomic E-state index is 0.110. The number of hydrogen-bond acceptors (Lipinski definition) is 2. The summed E-state index contributed by atoms with van der Waals surface area (Å²) in [6, 6.07) is 0. The van der Waals surface area contributed by atoms with E-state index in [9.17, 15) is 4.79 Å². The van der Waals surface area contributed by atoms with Gasteiger partial charge in [0, 0.05) is 26.6 Å². The molecule has 0 saturated carbocycles. The molecule has 0 heterocycles. The SMILES string of the molecule is CNCCN(C)C(=O)CC(C)(C)CC(C)C. The van der Waals surface area contributed by atoms with E-state index in [1.165, 1.54) is 0 Å². The average molecular weight is 228 g/mol. The van der Waals surface area contributed by atoms with Crippen LogP contribution in [0.1, 0.15) is 40.5 Å². The Hall–Kier alpha value is -0.570. The van der Waals surface area contributed by atoms with Gasteiger partial charge in [-0.3, -0.25) is 4.79 Å². The van der Waals surface area contributed by atoms with E-state index in [4.69, 9.17) is 0 Å². The number of nitrogens with zero attached hydrogens (tertiary/aromatic N) is 1. The molecule has 0 spiro atoms. The maximum Gasteiger partial charge on any atom is 0.222 e. The Balaban J connectivity index is 4.10. The molecule has 3 heteroatoms. The Morgan fingerprint density at radius 2 is 1.94 bits per heavy atom. The van der Waals surface area contributed by atoms with Crippen LogP contribution in [0.15, 0.2) is 0 Å². The van der Waals surface area contributed by atoms with Crippen LogP contribution in [0.2, 0.25) is 0 Å². The smallest absolute Gasteiger partial charge is 0.222 e. The third kappa shape index (κ3) is 6.83. The molecule has 0 aliphatic rings. The van der Waals surface area contributed by atoms with Gasteiger partial charge in [-0.25, -0.2) is 0 Å². The van der Waals surface area contributed by atoms with Crippen LogP contribution in [0.4, 0.5) is 0 Å². The van der Waals surface area contributed by atoms with Gasteiger partial charge >= 0.3 is 0 Å². The van der Waals surface area contributed by atoms with Crippen molar-refractivity contribution in [2.75, 3.05) is 27.2 Å². The highest BCUT2D eigenvalue weighted by Gasteiger charge is 2.24. The summed E-state index contributed by atoms with van der Waals surface area (Å²) in [4.78, 5) is 13.8. The molecule has 0 aliphatic carbocycles. The minimum Gasteiger partial charge on any atom is -0.344 e. The maximum atomic E-state index is 11.9. The summed E-state index contributed by atoms with van der Waals surface area (Å²) in [7, 11) is 3.78. The zero-order chi connectivity index (χ0) is 12.8. The standard InChI is InChI=1S/C13H28N2O/c1-11(2)9-13(3,4)10-12(16)15(6)8-7-14-5/h11,14H,7-10H2,1-6H3. The molecule has 0 saturated heterocycles. The topological polar surface area (TPSA) is 32.3 Å². The highest BCUT2D eigenvalue weighted by Crippen LogP contribution is 2.29. The van der Waals surface area contributed by atoms with Crippen molar-refractivity contribution in [3.8, 4) is 0 Å². The van der Waals surface area contributed by atoms with Crippen LogP contribution < -0.4 is 5.32 Å². The largest absolute Gasteiger partial charge is 0.344 e. The van der Waals surface area contributed by atoms with E-state index in [-0.39, 0.29) is 11.3 Å². The highest BCUT2D eigenvalue weighted by molar-refractivity contribution is 5.76. The first-order chi connectivity index (χ1) is 7.28. The van der Waals surface area contributed by atoms with Gasteiger partial charge in [-0.1, -0.05) is 27.7 Å². The quantitative estimate of drug-likeness (QED) is 0.724. The lowest BCUT2D eigenvalue weighted by Crippen LogP contribution is -2.35. The molecule has 0 aromatic carbocycles. The van der Waals surface area contributed by atoms with Gasteiger partial charge in [-0.15, -0.1) is 0 Å². The van der Waals surface area contributed by atoms with Gasteiger partial charge in [0.15, 0.2) is 0 Å². The average Bonchev–Trinajstić information content (AvgIpc) is 2.10. The summed E-state index contributed by atoms with van der Waals surface area (Å²) in [5.41, 5.74) is 0.110. The monoisotopic (exact) mass is 228 g/mol. The fraction of sp³-hybridized carbons (Fsp3) is 0.923. The van der Waals surface area contributed by atoms with Crippen molar-refractivity contribution in [1.29, 1.82) is 0 Å². The van der Waals surface area contributed by atoms with Gasteiger partial charge in [0.1, 0.15) is 0 Å². The molecule has 3 nitrogen and oxygen atoms in total. The van der Waals surface area contributed by atoms with E-state index >= 15 is 0 Å². The molecule has 0 aromatic heterocycles. The predicted octanol–water partition coefficient (Wildman–Crippen LogP) is 2.13.